The number of nitrogens with zero attached hydrogens (tertiary/aromatic N) is 4. The first-order valence-corrected chi connectivity index (χ1v) is 9.20. The Labute approximate surface area is 147 Å². The smallest absolute Gasteiger partial charge is 0.257 e. The molecule has 6 nitrogen and oxygen atoms in total. The average Bonchev–Trinajstić information content (AvgIpc) is 3.11. The fourth-order valence-electron chi connectivity index (χ4n) is 4.07. The average molecular weight is 340 g/mol. The lowest BCUT2D eigenvalue weighted by molar-refractivity contribution is -0.0753. The Morgan fingerprint density at radius 1 is 1.32 bits per heavy atom. The minimum Gasteiger partial charge on any atom is -0.374 e. The van der Waals surface area contributed by atoms with Crippen molar-refractivity contribution in [3.05, 3.63) is 41.9 Å². The van der Waals surface area contributed by atoms with E-state index in [4.69, 9.17) is 4.74 Å². The van der Waals surface area contributed by atoms with Gasteiger partial charge in [-0.15, -0.1) is 0 Å². The maximum atomic E-state index is 13.3. The van der Waals surface area contributed by atoms with Crippen LogP contribution < -0.4 is 0 Å². The van der Waals surface area contributed by atoms with Crippen molar-refractivity contribution in [1.29, 1.82) is 0 Å². The number of carbonyl (C=O) groups excluding carboxylic acids is 1. The van der Waals surface area contributed by atoms with Crippen molar-refractivity contribution >= 4 is 5.91 Å². The summed E-state index contributed by atoms with van der Waals surface area (Å²) in [4.78, 5) is 19.7. The van der Waals surface area contributed by atoms with E-state index in [1.165, 1.54) is 12.8 Å². The molecular weight excluding hydrogens is 316 g/mol. The molecule has 0 unspecified atom stereocenters. The summed E-state index contributed by atoms with van der Waals surface area (Å²) in [6.45, 7) is 3.34. The summed E-state index contributed by atoms with van der Waals surface area (Å²) in [5, 5.41) is 4.45. The molecule has 0 N–H and O–H groups in total. The van der Waals surface area contributed by atoms with Gasteiger partial charge in [-0.05, 0) is 31.4 Å². The summed E-state index contributed by atoms with van der Waals surface area (Å²) in [5.74, 6) is 0.829. The molecule has 1 saturated carbocycles. The van der Waals surface area contributed by atoms with E-state index >= 15 is 0 Å². The Balaban J connectivity index is 1.65. The van der Waals surface area contributed by atoms with Gasteiger partial charge >= 0.3 is 0 Å². The standard InChI is InChI=1S/C19H24N4O2/c1-2-15-14(13-21-23(15)18-9-5-6-10-20-18)19(24)22-11-12-25-17-8-4-3-7-16(17)22/h5-6,9-10,13,16-17H,2-4,7-8,11-12H2,1H3/t16-,17+/m1/s1. The van der Waals surface area contributed by atoms with Crippen LogP contribution in [0.15, 0.2) is 30.6 Å². The maximum absolute atomic E-state index is 13.3. The van der Waals surface area contributed by atoms with Crippen LogP contribution in [0, 0.1) is 0 Å². The van der Waals surface area contributed by atoms with E-state index in [0.29, 0.717) is 18.7 Å². The zero-order valence-electron chi connectivity index (χ0n) is 14.6. The van der Waals surface area contributed by atoms with Gasteiger partial charge < -0.3 is 9.64 Å². The molecule has 1 amide bonds. The van der Waals surface area contributed by atoms with Crippen LogP contribution in [-0.2, 0) is 11.2 Å². The predicted octanol–water partition coefficient (Wildman–Crippen LogP) is 2.61. The molecule has 0 radical (unpaired) electrons. The van der Waals surface area contributed by atoms with E-state index in [1.54, 1.807) is 17.1 Å². The molecule has 0 spiro atoms. The van der Waals surface area contributed by atoms with E-state index in [-0.39, 0.29) is 18.1 Å². The number of fused-ring (bicyclic) bond motifs is 1. The molecule has 2 aromatic heterocycles. The molecule has 3 heterocycles. The molecule has 0 aromatic carbocycles. The number of rotatable bonds is 3. The summed E-state index contributed by atoms with van der Waals surface area (Å²) < 4.78 is 7.69. The van der Waals surface area contributed by atoms with Crippen LogP contribution in [0.4, 0.5) is 0 Å². The van der Waals surface area contributed by atoms with Crippen molar-refractivity contribution in [2.24, 2.45) is 0 Å². The second-order valence-corrected chi connectivity index (χ2v) is 6.72. The molecule has 1 saturated heterocycles. The lowest BCUT2D eigenvalue weighted by atomic mass is 9.89. The van der Waals surface area contributed by atoms with Crippen molar-refractivity contribution < 1.29 is 9.53 Å². The largest absolute Gasteiger partial charge is 0.374 e. The van der Waals surface area contributed by atoms with Gasteiger partial charge in [0.25, 0.3) is 5.91 Å². The Morgan fingerprint density at radius 3 is 3.00 bits per heavy atom. The minimum atomic E-state index is 0.0826. The molecular formula is C19H24N4O2. The van der Waals surface area contributed by atoms with Gasteiger partial charge in [0, 0.05) is 12.7 Å². The topological polar surface area (TPSA) is 60.3 Å². The summed E-state index contributed by atoms with van der Waals surface area (Å²) in [6, 6.07) is 5.92. The SMILES string of the molecule is CCc1c(C(=O)N2CCO[C@H]3CCCC[C@H]32)cnn1-c1ccccn1. The third-order valence-electron chi connectivity index (χ3n) is 5.29. The third-order valence-corrected chi connectivity index (χ3v) is 5.29. The van der Waals surface area contributed by atoms with Gasteiger partial charge in [-0.3, -0.25) is 4.79 Å². The van der Waals surface area contributed by atoms with Crippen LogP contribution >= 0.6 is 0 Å². The quantitative estimate of drug-likeness (QED) is 0.862. The molecule has 1 aliphatic carbocycles. The first-order chi connectivity index (χ1) is 12.3. The van der Waals surface area contributed by atoms with Crippen LogP contribution in [0.2, 0.25) is 0 Å². The summed E-state index contributed by atoms with van der Waals surface area (Å²) in [5.41, 5.74) is 1.61. The Morgan fingerprint density at radius 2 is 2.20 bits per heavy atom. The number of amides is 1. The highest BCUT2D eigenvalue weighted by Gasteiger charge is 2.38. The fourth-order valence-corrected chi connectivity index (χ4v) is 4.07. The molecule has 25 heavy (non-hydrogen) atoms. The first-order valence-electron chi connectivity index (χ1n) is 9.20. The first kappa shape index (κ1) is 16.3. The van der Waals surface area contributed by atoms with E-state index < -0.39 is 0 Å². The van der Waals surface area contributed by atoms with Crippen molar-refractivity contribution in [3.8, 4) is 5.82 Å². The molecule has 2 aromatic rings. The normalized spacial score (nSPS) is 23.3. The number of hydrogen-bond acceptors (Lipinski definition) is 4. The second kappa shape index (κ2) is 6.96. The highest BCUT2D eigenvalue weighted by Crippen LogP contribution is 2.30. The van der Waals surface area contributed by atoms with Gasteiger partial charge in [-0.1, -0.05) is 25.8 Å². The van der Waals surface area contributed by atoms with Gasteiger partial charge in [0.1, 0.15) is 0 Å². The van der Waals surface area contributed by atoms with Gasteiger partial charge in [0.05, 0.1) is 36.2 Å². The molecule has 0 bridgehead atoms. The Kier molecular flexibility index (Phi) is 4.53. The summed E-state index contributed by atoms with van der Waals surface area (Å²) in [7, 11) is 0. The molecule has 2 aliphatic rings. The number of aromatic nitrogens is 3. The lowest BCUT2D eigenvalue weighted by Gasteiger charge is -2.43. The zero-order chi connectivity index (χ0) is 17.2. The van der Waals surface area contributed by atoms with Crippen molar-refractivity contribution in [2.75, 3.05) is 13.2 Å². The molecule has 2 atom stereocenters. The molecule has 2 fully saturated rings. The maximum Gasteiger partial charge on any atom is 0.257 e. The highest BCUT2D eigenvalue weighted by molar-refractivity contribution is 5.95. The van der Waals surface area contributed by atoms with E-state index in [9.17, 15) is 4.79 Å². The van der Waals surface area contributed by atoms with E-state index in [1.807, 2.05) is 23.1 Å². The van der Waals surface area contributed by atoms with Crippen LogP contribution in [0.3, 0.4) is 0 Å². The summed E-state index contributed by atoms with van der Waals surface area (Å²) in [6.07, 6.45) is 8.83. The zero-order valence-corrected chi connectivity index (χ0v) is 14.6. The van der Waals surface area contributed by atoms with Gasteiger partial charge in [0.15, 0.2) is 5.82 Å². The predicted molar refractivity (Wildman–Crippen MR) is 93.8 cm³/mol. The fraction of sp³-hybridized carbons (Fsp3) is 0.526. The van der Waals surface area contributed by atoms with E-state index in [2.05, 4.69) is 17.0 Å². The van der Waals surface area contributed by atoms with Crippen LogP contribution in [0.5, 0.6) is 0 Å². The van der Waals surface area contributed by atoms with Gasteiger partial charge in [-0.25, -0.2) is 9.67 Å². The minimum absolute atomic E-state index is 0.0826. The van der Waals surface area contributed by atoms with Crippen molar-refractivity contribution in [1.82, 2.24) is 19.7 Å². The number of hydrogen-bond donors (Lipinski definition) is 0. The van der Waals surface area contributed by atoms with Crippen LogP contribution in [-0.4, -0.2) is 50.9 Å². The molecule has 6 heteroatoms. The second-order valence-electron chi connectivity index (χ2n) is 6.72. The van der Waals surface area contributed by atoms with Crippen LogP contribution in [0.1, 0.15) is 48.7 Å². The van der Waals surface area contributed by atoms with Gasteiger partial charge in [-0.2, -0.15) is 5.10 Å². The molecule has 1 aliphatic heterocycles. The third kappa shape index (κ3) is 2.95. The number of carbonyl (C=O) groups is 1. The molecule has 4 rings (SSSR count). The number of pyridine rings is 1. The van der Waals surface area contributed by atoms with Gasteiger partial charge in [0.2, 0.25) is 0 Å². The monoisotopic (exact) mass is 340 g/mol. The lowest BCUT2D eigenvalue weighted by Crippen LogP contribution is -2.54. The Bertz CT molecular complexity index is 741. The van der Waals surface area contributed by atoms with E-state index in [0.717, 1.165) is 30.8 Å². The van der Waals surface area contributed by atoms with Crippen molar-refractivity contribution in [3.63, 3.8) is 0 Å². The number of ether oxygens (including phenoxy) is 1. The Hall–Kier alpha value is -2.21. The highest BCUT2D eigenvalue weighted by atomic mass is 16.5. The van der Waals surface area contributed by atoms with Crippen LogP contribution in [0.25, 0.3) is 5.82 Å². The number of morpholine rings is 1. The van der Waals surface area contributed by atoms with Crippen molar-refractivity contribution in [2.45, 2.75) is 51.2 Å². The molecule has 132 valence electrons. The summed E-state index contributed by atoms with van der Waals surface area (Å²) >= 11 is 0.